The molecule has 2 atom stereocenters. The highest BCUT2D eigenvalue weighted by atomic mass is 35.5. The lowest BCUT2D eigenvalue weighted by atomic mass is 10.1. The first-order valence-corrected chi connectivity index (χ1v) is 14.8. The SMILES string of the molecule is CN(c1cc(F)c(S(=O)(=O)Nc2cscn2)cc1Cl)[C@H]1CCN([C@@H]2CCc3ccccc32)C1.O=C(O)C(F)(F)F. The maximum atomic E-state index is 15.0. The second-order valence-corrected chi connectivity index (χ2v) is 12.1. The number of rotatable bonds is 6. The predicted molar refractivity (Wildman–Crippen MR) is 144 cm³/mol. The number of aryl methyl sites for hydroxylation is 1. The van der Waals surface area contributed by atoms with Crippen molar-refractivity contribution in [3.05, 3.63) is 69.3 Å². The van der Waals surface area contributed by atoms with Crippen LogP contribution in [0.1, 0.15) is 30.0 Å². The molecule has 1 aliphatic heterocycles. The molecule has 216 valence electrons. The summed E-state index contributed by atoms with van der Waals surface area (Å²) in [5.41, 5.74) is 4.81. The van der Waals surface area contributed by atoms with Gasteiger partial charge in [0.1, 0.15) is 10.7 Å². The number of hydrogen-bond acceptors (Lipinski definition) is 7. The number of benzene rings is 2. The second-order valence-electron chi connectivity index (χ2n) is 9.32. The van der Waals surface area contributed by atoms with Crippen LogP contribution in [0, 0.1) is 5.82 Å². The summed E-state index contributed by atoms with van der Waals surface area (Å²) in [4.78, 5) is 16.8. The summed E-state index contributed by atoms with van der Waals surface area (Å²) in [6.45, 7) is 1.80. The fourth-order valence-electron chi connectivity index (χ4n) is 4.93. The van der Waals surface area contributed by atoms with Gasteiger partial charge in [0, 0.05) is 43.7 Å². The zero-order valence-corrected chi connectivity index (χ0v) is 23.4. The summed E-state index contributed by atoms with van der Waals surface area (Å²) in [5.74, 6) is -3.45. The van der Waals surface area contributed by atoms with Gasteiger partial charge in [0.2, 0.25) is 0 Å². The van der Waals surface area contributed by atoms with Gasteiger partial charge in [-0.15, -0.1) is 11.3 Å². The van der Waals surface area contributed by atoms with Gasteiger partial charge < -0.3 is 10.0 Å². The molecular formula is C25H25ClF4N4O4S2. The summed E-state index contributed by atoms with van der Waals surface area (Å²) in [6, 6.07) is 11.6. The molecule has 40 heavy (non-hydrogen) atoms. The number of likely N-dealkylation sites (tertiary alicyclic amines) is 1. The Bertz CT molecular complexity index is 1470. The molecule has 2 aromatic carbocycles. The smallest absolute Gasteiger partial charge is 0.475 e. The first kappa shape index (κ1) is 30.0. The highest BCUT2D eigenvalue weighted by molar-refractivity contribution is 7.92. The number of fused-ring (bicyclic) bond motifs is 1. The van der Waals surface area contributed by atoms with Gasteiger partial charge in [-0.2, -0.15) is 13.2 Å². The number of halogens is 5. The Morgan fingerprint density at radius 2 is 1.95 bits per heavy atom. The highest BCUT2D eigenvalue weighted by Gasteiger charge is 2.38. The molecule has 0 saturated carbocycles. The number of hydrogen-bond donors (Lipinski definition) is 2. The van der Waals surface area contributed by atoms with Gasteiger partial charge in [-0.3, -0.25) is 9.62 Å². The van der Waals surface area contributed by atoms with Crippen LogP contribution in [-0.4, -0.2) is 61.7 Å². The number of carboxylic acid groups (broad SMARTS) is 1. The Morgan fingerprint density at radius 3 is 2.60 bits per heavy atom. The van der Waals surface area contributed by atoms with E-state index in [1.807, 2.05) is 11.9 Å². The molecule has 5 rings (SSSR count). The molecule has 0 radical (unpaired) electrons. The van der Waals surface area contributed by atoms with Crippen molar-refractivity contribution in [3.8, 4) is 0 Å². The fraction of sp³-hybridized carbons (Fsp3) is 0.360. The van der Waals surface area contributed by atoms with Crippen molar-refractivity contribution >= 4 is 50.4 Å². The third-order valence-corrected chi connectivity index (χ3v) is 9.13. The van der Waals surface area contributed by atoms with E-state index in [0.29, 0.717) is 11.7 Å². The van der Waals surface area contributed by atoms with Gasteiger partial charge in [-0.1, -0.05) is 35.9 Å². The number of likely N-dealkylation sites (N-methyl/N-ethyl adjacent to an activating group) is 1. The molecule has 2 aliphatic rings. The normalized spacial score (nSPS) is 19.1. The van der Waals surface area contributed by atoms with Crippen molar-refractivity contribution in [1.82, 2.24) is 9.88 Å². The third kappa shape index (κ3) is 6.67. The van der Waals surface area contributed by atoms with Gasteiger partial charge in [-0.05, 0) is 36.5 Å². The number of thiazole rings is 1. The lowest BCUT2D eigenvalue weighted by Gasteiger charge is -2.30. The van der Waals surface area contributed by atoms with E-state index in [0.717, 1.165) is 32.4 Å². The number of carbonyl (C=O) groups is 1. The Balaban J connectivity index is 0.000000470. The molecule has 3 aromatic rings. The van der Waals surface area contributed by atoms with Crippen molar-refractivity contribution in [2.24, 2.45) is 0 Å². The maximum absolute atomic E-state index is 15.0. The molecule has 8 nitrogen and oxygen atoms in total. The third-order valence-electron chi connectivity index (χ3n) is 6.87. The van der Waals surface area contributed by atoms with Gasteiger partial charge in [0.05, 0.1) is 16.2 Å². The predicted octanol–water partition coefficient (Wildman–Crippen LogP) is 5.57. The average molecular weight is 621 g/mol. The van der Waals surface area contributed by atoms with Crippen LogP contribution in [0.2, 0.25) is 5.02 Å². The topological polar surface area (TPSA) is 103 Å². The van der Waals surface area contributed by atoms with E-state index in [-0.39, 0.29) is 16.9 Å². The molecule has 1 saturated heterocycles. The molecule has 0 amide bonds. The van der Waals surface area contributed by atoms with E-state index >= 15 is 0 Å². The maximum Gasteiger partial charge on any atom is 0.490 e. The molecule has 15 heteroatoms. The van der Waals surface area contributed by atoms with Crippen molar-refractivity contribution in [3.63, 3.8) is 0 Å². The number of alkyl halides is 3. The van der Waals surface area contributed by atoms with E-state index in [9.17, 15) is 26.0 Å². The van der Waals surface area contributed by atoms with Crippen molar-refractivity contribution in [2.75, 3.05) is 29.8 Å². The first-order valence-electron chi connectivity index (χ1n) is 12.0. The monoisotopic (exact) mass is 620 g/mol. The Kier molecular flexibility index (Phi) is 8.93. The molecule has 0 bridgehead atoms. The quantitative estimate of drug-likeness (QED) is 0.348. The Labute approximate surface area is 237 Å². The number of aromatic nitrogens is 1. The van der Waals surface area contributed by atoms with Gasteiger partial charge in [-0.25, -0.2) is 22.6 Å². The Morgan fingerprint density at radius 1 is 1.25 bits per heavy atom. The largest absolute Gasteiger partial charge is 0.490 e. The van der Waals surface area contributed by atoms with Crippen LogP contribution in [0.3, 0.4) is 0 Å². The van der Waals surface area contributed by atoms with Crippen molar-refractivity contribution in [2.45, 2.75) is 42.4 Å². The Hall–Kier alpha value is -2.94. The standard InChI is InChI=1S/C23H24ClFN4O2S2.C2HF3O2/c1-28(16-8-9-29(12-16)20-7-6-15-4-2-3-5-17(15)20)21-11-19(25)22(10-18(21)24)33(30,31)27-23-13-32-14-26-23;3-2(4,5)1(6)7/h2-5,10-11,13-14,16,20,27H,6-9,12H2,1H3;(H,6,7)/t16-,20+;/m0./s1. The summed E-state index contributed by atoms with van der Waals surface area (Å²) in [7, 11) is -2.25. The first-order chi connectivity index (χ1) is 18.8. The van der Waals surface area contributed by atoms with Crippen LogP contribution in [0.5, 0.6) is 0 Å². The zero-order chi connectivity index (χ0) is 29.2. The minimum absolute atomic E-state index is 0.149. The minimum atomic E-state index is -5.08. The summed E-state index contributed by atoms with van der Waals surface area (Å²) in [6.07, 6.45) is -1.94. The van der Waals surface area contributed by atoms with Crippen LogP contribution in [-0.2, 0) is 21.2 Å². The molecule has 1 fully saturated rings. The van der Waals surface area contributed by atoms with E-state index in [4.69, 9.17) is 21.5 Å². The zero-order valence-electron chi connectivity index (χ0n) is 21.0. The fourth-order valence-corrected chi connectivity index (χ4v) is 6.93. The number of sulfonamides is 1. The van der Waals surface area contributed by atoms with Gasteiger partial charge >= 0.3 is 12.1 Å². The number of carboxylic acids is 1. The molecule has 2 N–H and O–H groups in total. The molecule has 2 heterocycles. The van der Waals surface area contributed by atoms with E-state index in [1.54, 1.807) is 0 Å². The second kappa shape index (κ2) is 11.9. The molecular weight excluding hydrogens is 596 g/mol. The summed E-state index contributed by atoms with van der Waals surface area (Å²) < 4.78 is 74.2. The number of aliphatic carboxylic acids is 1. The average Bonchev–Trinajstić information content (AvgIpc) is 3.65. The summed E-state index contributed by atoms with van der Waals surface area (Å²) in [5, 5.41) is 8.86. The van der Waals surface area contributed by atoms with E-state index < -0.39 is 32.9 Å². The lowest BCUT2D eigenvalue weighted by molar-refractivity contribution is -0.192. The molecule has 0 spiro atoms. The van der Waals surface area contributed by atoms with E-state index in [2.05, 4.69) is 38.9 Å². The number of nitrogens with zero attached hydrogens (tertiary/aromatic N) is 3. The summed E-state index contributed by atoms with van der Waals surface area (Å²) >= 11 is 7.71. The van der Waals surface area contributed by atoms with Crippen LogP contribution in [0.25, 0.3) is 0 Å². The van der Waals surface area contributed by atoms with Gasteiger partial charge in [0.25, 0.3) is 10.0 Å². The molecule has 0 unspecified atom stereocenters. The highest BCUT2D eigenvalue weighted by Crippen LogP contribution is 2.39. The van der Waals surface area contributed by atoms with Crippen LogP contribution in [0.4, 0.5) is 29.1 Å². The molecule has 1 aromatic heterocycles. The molecule has 1 aliphatic carbocycles. The van der Waals surface area contributed by atoms with Crippen LogP contribution < -0.4 is 9.62 Å². The minimum Gasteiger partial charge on any atom is -0.475 e. The number of nitrogens with one attached hydrogen (secondary N) is 1. The number of anilines is 2. The van der Waals surface area contributed by atoms with E-state index in [1.165, 1.54) is 45.5 Å². The van der Waals surface area contributed by atoms with Gasteiger partial charge in [0.15, 0.2) is 5.82 Å². The van der Waals surface area contributed by atoms with Crippen molar-refractivity contribution < 1.29 is 35.9 Å². The van der Waals surface area contributed by atoms with Crippen LogP contribution >= 0.6 is 22.9 Å². The van der Waals surface area contributed by atoms with Crippen molar-refractivity contribution in [1.29, 1.82) is 0 Å². The van der Waals surface area contributed by atoms with Crippen LogP contribution in [0.15, 0.2) is 52.2 Å². The lowest BCUT2D eigenvalue weighted by Crippen LogP contribution is -2.35.